The van der Waals surface area contributed by atoms with E-state index in [1.165, 1.54) is 0 Å². The van der Waals surface area contributed by atoms with Crippen molar-refractivity contribution < 1.29 is 23.9 Å². The third-order valence-corrected chi connectivity index (χ3v) is 8.34. The van der Waals surface area contributed by atoms with Gasteiger partial charge in [0.25, 0.3) is 0 Å². The molecule has 200 valence electrons. The third-order valence-electron chi connectivity index (χ3n) is 8.34. The molecule has 4 nitrogen and oxygen atoms in total. The predicted molar refractivity (Wildman–Crippen MR) is 154 cm³/mol. The Bertz CT molecular complexity index is 1600. The summed E-state index contributed by atoms with van der Waals surface area (Å²) in [6.07, 6.45) is 2.35. The van der Waals surface area contributed by atoms with E-state index in [0.29, 0.717) is 48.0 Å². The van der Waals surface area contributed by atoms with Gasteiger partial charge in [0.1, 0.15) is 0 Å². The lowest BCUT2D eigenvalue weighted by Gasteiger charge is -2.00. The topological polar surface area (TPSA) is 68.3 Å². The van der Waals surface area contributed by atoms with Crippen molar-refractivity contribution in [1.29, 1.82) is 0 Å². The number of allylic oxidation sites excluding steroid dienone is 4. The van der Waals surface area contributed by atoms with E-state index in [0.717, 1.165) is 44.5 Å². The number of hydrogen-bond acceptors (Lipinski definition) is 4. The molecule has 5 heteroatoms. The molecule has 0 bridgehead atoms. The van der Waals surface area contributed by atoms with Crippen LogP contribution >= 0.6 is 0 Å². The second-order valence-electron chi connectivity index (χ2n) is 10.6. The molecule has 0 aliphatic heterocycles. The number of hydrogen-bond donors (Lipinski definition) is 0. The lowest BCUT2D eigenvalue weighted by atomic mass is 10.0. The monoisotopic (exact) mass is 540 g/mol. The Morgan fingerprint density at radius 1 is 0.317 bits per heavy atom. The Morgan fingerprint density at radius 3 is 0.707 bits per heavy atom. The molecular formula is C36H25FO4. The molecule has 41 heavy (non-hydrogen) atoms. The Labute approximate surface area is 236 Å². The van der Waals surface area contributed by atoms with Gasteiger partial charge in [0, 0.05) is 70.2 Å². The molecule has 4 aromatic rings. The van der Waals surface area contributed by atoms with Crippen molar-refractivity contribution >= 4 is 23.1 Å². The lowest BCUT2D eigenvalue weighted by molar-refractivity contribution is 0.100. The summed E-state index contributed by atoms with van der Waals surface area (Å²) in [5.41, 5.74) is 9.87. The number of Topliss-reactive ketones (excluding diaryl/α,β-unsaturated/α-hetero) is 4. The minimum absolute atomic E-state index is 0. The van der Waals surface area contributed by atoms with E-state index in [-0.39, 0.29) is 27.8 Å². The van der Waals surface area contributed by atoms with Crippen LogP contribution in [0.5, 0.6) is 0 Å². The highest BCUT2D eigenvalue weighted by Crippen LogP contribution is 2.36. The van der Waals surface area contributed by atoms with Gasteiger partial charge in [0.2, 0.25) is 0 Å². The molecule has 0 saturated heterocycles. The number of benzene rings is 4. The molecule has 8 rings (SSSR count). The van der Waals surface area contributed by atoms with Crippen molar-refractivity contribution in [3.05, 3.63) is 164 Å². The Morgan fingerprint density at radius 2 is 0.512 bits per heavy atom. The smallest absolute Gasteiger partial charge is 0.190 e. The molecule has 4 aromatic carbocycles. The zero-order valence-electron chi connectivity index (χ0n) is 22.1. The van der Waals surface area contributed by atoms with E-state index in [1.807, 2.05) is 97.1 Å². The fourth-order valence-corrected chi connectivity index (χ4v) is 6.29. The van der Waals surface area contributed by atoms with Crippen LogP contribution in [0.15, 0.2) is 119 Å². The largest absolute Gasteiger partial charge is 0.289 e. The third kappa shape index (κ3) is 4.21. The van der Waals surface area contributed by atoms with E-state index in [9.17, 15) is 19.2 Å². The van der Waals surface area contributed by atoms with Crippen LogP contribution in [-0.2, 0) is 25.7 Å². The van der Waals surface area contributed by atoms with Gasteiger partial charge in [-0.05, 0) is 22.3 Å². The van der Waals surface area contributed by atoms with Gasteiger partial charge in [-0.2, -0.15) is 0 Å². The van der Waals surface area contributed by atoms with Gasteiger partial charge in [-0.1, -0.05) is 97.1 Å². The summed E-state index contributed by atoms with van der Waals surface area (Å²) < 4.78 is 0. The van der Waals surface area contributed by atoms with Crippen LogP contribution in [0, 0.1) is 0 Å². The second-order valence-corrected chi connectivity index (χ2v) is 10.6. The maximum absolute atomic E-state index is 12.5. The van der Waals surface area contributed by atoms with Gasteiger partial charge < -0.3 is 0 Å². The first-order valence-corrected chi connectivity index (χ1v) is 13.5. The maximum atomic E-state index is 12.5. The van der Waals surface area contributed by atoms with Gasteiger partial charge in [-0.3, -0.25) is 23.9 Å². The van der Waals surface area contributed by atoms with Crippen LogP contribution in [0.2, 0.25) is 0 Å². The summed E-state index contributed by atoms with van der Waals surface area (Å²) >= 11 is 0. The highest BCUT2D eigenvalue weighted by Gasteiger charge is 2.35. The van der Waals surface area contributed by atoms with Gasteiger partial charge in [-0.25, -0.2) is 0 Å². The molecule has 0 amide bonds. The number of halogens is 1. The zero-order chi connectivity index (χ0) is 27.4. The average Bonchev–Trinajstić information content (AvgIpc) is 3.71. The van der Waals surface area contributed by atoms with Crippen molar-refractivity contribution in [2.24, 2.45) is 0 Å². The molecule has 0 heterocycles. The number of rotatable bonds is 0. The SMILES string of the molecule is F.O=C1/C(=C2/Cc3ccccc3C2=O)Cc2ccccc21.O=C1/C(=C2\Cc3ccccc3C2=O)Cc2ccccc21. The summed E-state index contributed by atoms with van der Waals surface area (Å²) in [4.78, 5) is 49.9. The molecule has 0 spiro atoms. The fourth-order valence-electron chi connectivity index (χ4n) is 6.29. The van der Waals surface area contributed by atoms with Gasteiger partial charge in [0.05, 0.1) is 0 Å². The van der Waals surface area contributed by atoms with Crippen molar-refractivity contribution in [1.82, 2.24) is 0 Å². The van der Waals surface area contributed by atoms with Crippen LogP contribution in [0.4, 0.5) is 4.70 Å². The lowest BCUT2D eigenvalue weighted by Crippen LogP contribution is -2.05. The Hall–Kier alpha value is -5.03. The van der Waals surface area contributed by atoms with E-state index in [2.05, 4.69) is 0 Å². The normalized spacial score (nSPS) is 19.7. The molecule has 0 unspecified atom stereocenters. The first kappa shape index (κ1) is 26.2. The van der Waals surface area contributed by atoms with E-state index in [1.54, 1.807) is 0 Å². The van der Waals surface area contributed by atoms with Crippen LogP contribution in [0.1, 0.15) is 63.7 Å². The summed E-state index contributed by atoms with van der Waals surface area (Å²) in [5, 5.41) is 0. The minimum atomic E-state index is 0. The maximum Gasteiger partial charge on any atom is 0.190 e. The van der Waals surface area contributed by atoms with Crippen LogP contribution in [0.3, 0.4) is 0 Å². The summed E-state index contributed by atoms with van der Waals surface area (Å²) in [6, 6.07) is 30.5. The molecule has 0 atom stereocenters. The standard InChI is InChI=1S/2C18H12O2.FH/c2*19-17-13-7-3-1-5-11(13)9-15(17)16-10-12-6-2-4-8-14(12)18(16)20;/h2*1-8H,9-10H2;1H/b16-15+;16-15-;. The van der Waals surface area contributed by atoms with Crippen LogP contribution in [0.25, 0.3) is 0 Å². The van der Waals surface area contributed by atoms with Gasteiger partial charge in [0.15, 0.2) is 23.1 Å². The number of fused-ring (bicyclic) bond motifs is 4. The first-order valence-electron chi connectivity index (χ1n) is 13.5. The minimum Gasteiger partial charge on any atom is -0.289 e. The van der Waals surface area contributed by atoms with Crippen molar-refractivity contribution in [2.45, 2.75) is 25.7 Å². The second kappa shape index (κ2) is 10.2. The van der Waals surface area contributed by atoms with E-state index >= 15 is 0 Å². The quantitative estimate of drug-likeness (QED) is 0.240. The molecule has 0 N–H and O–H groups in total. The first-order chi connectivity index (χ1) is 19.5. The summed E-state index contributed by atoms with van der Waals surface area (Å²) in [7, 11) is 0. The molecule has 4 aliphatic carbocycles. The van der Waals surface area contributed by atoms with E-state index in [4.69, 9.17) is 0 Å². The van der Waals surface area contributed by atoms with Crippen LogP contribution in [-0.4, -0.2) is 23.1 Å². The average molecular weight is 541 g/mol. The molecule has 0 saturated carbocycles. The van der Waals surface area contributed by atoms with Crippen LogP contribution < -0.4 is 0 Å². The van der Waals surface area contributed by atoms with Gasteiger partial charge >= 0.3 is 0 Å². The highest BCUT2D eigenvalue weighted by molar-refractivity contribution is 6.23. The number of carbonyl (C=O) groups excluding carboxylic acids is 4. The Kier molecular flexibility index (Phi) is 6.50. The van der Waals surface area contributed by atoms with Crippen molar-refractivity contribution in [2.75, 3.05) is 0 Å². The summed E-state index contributed by atoms with van der Waals surface area (Å²) in [5.74, 6) is 0.0991. The Balaban J connectivity index is 0.000000144. The van der Waals surface area contributed by atoms with Crippen molar-refractivity contribution in [3.63, 3.8) is 0 Å². The fraction of sp³-hybridized carbons (Fsp3) is 0.111. The highest BCUT2D eigenvalue weighted by atomic mass is 19.0. The molecule has 0 radical (unpaired) electrons. The molecule has 4 aliphatic rings. The zero-order valence-corrected chi connectivity index (χ0v) is 22.1. The summed E-state index contributed by atoms with van der Waals surface area (Å²) in [6.45, 7) is 0. The van der Waals surface area contributed by atoms with E-state index < -0.39 is 0 Å². The van der Waals surface area contributed by atoms with Gasteiger partial charge in [-0.15, -0.1) is 0 Å². The van der Waals surface area contributed by atoms with Crippen molar-refractivity contribution in [3.8, 4) is 0 Å². The number of carbonyl (C=O) groups is 4. The molecule has 0 fully saturated rings. The molecule has 0 aromatic heterocycles. The number of ketones is 4. The molecular weight excluding hydrogens is 515 g/mol. The predicted octanol–water partition coefficient (Wildman–Crippen LogP) is 6.47.